The second-order valence-electron chi connectivity index (χ2n) is 3.68. The van der Waals surface area contributed by atoms with E-state index in [1.807, 2.05) is 31.2 Å². The molecule has 0 aliphatic rings. The number of hydrogen-bond donors (Lipinski definition) is 1. The maximum absolute atomic E-state index is 5.34. The van der Waals surface area contributed by atoms with Gasteiger partial charge in [-0.2, -0.15) is 0 Å². The van der Waals surface area contributed by atoms with Gasteiger partial charge in [-0.25, -0.2) is 9.97 Å². The van der Waals surface area contributed by atoms with E-state index >= 15 is 0 Å². The van der Waals surface area contributed by atoms with E-state index in [0.717, 1.165) is 22.3 Å². The van der Waals surface area contributed by atoms with Crippen LogP contribution in [0, 0.1) is 0 Å². The molecule has 0 spiro atoms. The zero-order valence-corrected chi connectivity index (χ0v) is 11.6. The summed E-state index contributed by atoms with van der Waals surface area (Å²) in [5, 5.41) is 3.13. The van der Waals surface area contributed by atoms with E-state index in [1.165, 1.54) is 0 Å². The lowest BCUT2D eigenvalue weighted by atomic mass is 10.2. The van der Waals surface area contributed by atoms with Gasteiger partial charge in [-0.3, -0.25) is 0 Å². The fourth-order valence-corrected chi connectivity index (χ4v) is 1.61. The van der Waals surface area contributed by atoms with Crippen molar-refractivity contribution in [1.29, 1.82) is 0 Å². The van der Waals surface area contributed by atoms with Crippen molar-refractivity contribution in [3.05, 3.63) is 46.7 Å². The summed E-state index contributed by atoms with van der Waals surface area (Å²) in [4.78, 5) is 8.30. The lowest BCUT2D eigenvalue weighted by molar-refractivity contribution is 0.134. The van der Waals surface area contributed by atoms with Crippen LogP contribution in [0.15, 0.2) is 41.1 Å². The molecule has 4 nitrogen and oxygen atoms in total. The monoisotopic (exact) mass is 307 g/mol. The average molecular weight is 308 g/mol. The van der Waals surface area contributed by atoms with Crippen LogP contribution in [0.3, 0.4) is 0 Å². The lowest BCUT2D eigenvalue weighted by Crippen LogP contribution is -1.97. The molecule has 1 aromatic carbocycles. The first-order chi connectivity index (χ1) is 8.78. The first-order valence-electron chi connectivity index (χ1n) is 5.69. The molecule has 0 aliphatic carbocycles. The van der Waals surface area contributed by atoms with E-state index < -0.39 is 0 Å². The third-order valence-electron chi connectivity index (χ3n) is 2.30. The number of nitrogens with zero attached hydrogens (tertiary/aromatic N) is 2. The van der Waals surface area contributed by atoms with Gasteiger partial charge < -0.3 is 10.1 Å². The largest absolute Gasteiger partial charge is 0.377 e. The van der Waals surface area contributed by atoms with Crippen molar-refractivity contribution in [2.24, 2.45) is 0 Å². The predicted molar refractivity (Wildman–Crippen MR) is 74.8 cm³/mol. The molecule has 0 saturated carbocycles. The van der Waals surface area contributed by atoms with Gasteiger partial charge in [0.25, 0.3) is 0 Å². The fourth-order valence-electron chi connectivity index (χ4n) is 1.41. The topological polar surface area (TPSA) is 47.0 Å². The molecule has 1 heterocycles. The first-order valence-corrected chi connectivity index (χ1v) is 6.48. The van der Waals surface area contributed by atoms with Crippen molar-refractivity contribution in [1.82, 2.24) is 9.97 Å². The van der Waals surface area contributed by atoms with E-state index in [1.54, 1.807) is 12.4 Å². The van der Waals surface area contributed by atoms with Crippen LogP contribution in [0.1, 0.15) is 12.5 Å². The van der Waals surface area contributed by atoms with Gasteiger partial charge >= 0.3 is 0 Å². The minimum absolute atomic E-state index is 0.579. The molecule has 0 aliphatic heterocycles. The summed E-state index contributed by atoms with van der Waals surface area (Å²) in [5.41, 5.74) is 2.11. The van der Waals surface area contributed by atoms with Gasteiger partial charge in [-0.05, 0) is 40.5 Å². The highest BCUT2D eigenvalue weighted by Gasteiger charge is 1.98. The first kappa shape index (κ1) is 13.0. The Morgan fingerprint density at radius 2 is 1.83 bits per heavy atom. The lowest BCUT2D eigenvalue weighted by Gasteiger charge is -2.06. The molecule has 0 radical (unpaired) electrons. The van der Waals surface area contributed by atoms with Gasteiger partial charge in [-0.1, -0.05) is 12.1 Å². The van der Waals surface area contributed by atoms with Crippen LogP contribution in [0.5, 0.6) is 0 Å². The predicted octanol–water partition coefficient (Wildman–Crippen LogP) is 3.52. The summed E-state index contributed by atoms with van der Waals surface area (Å²) in [7, 11) is 0. The number of benzene rings is 1. The molecule has 18 heavy (non-hydrogen) atoms. The molecular weight excluding hydrogens is 294 g/mol. The summed E-state index contributed by atoms with van der Waals surface area (Å²) in [6.45, 7) is 3.36. The highest BCUT2D eigenvalue weighted by atomic mass is 79.9. The second-order valence-corrected chi connectivity index (χ2v) is 4.60. The molecule has 0 unspecified atom stereocenters. The highest BCUT2D eigenvalue weighted by Crippen LogP contribution is 2.15. The van der Waals surface area contributed by atoms with E-state index in [2.05, 4.69) is 31.2 Å². The number of nitrogens with one attached hydrogen (secondary N) is 1. The number of hydrogen-bond acceptors (Lipinski definition) is 4. The van der Waals surface area contributed by atoms with E-state index in [4.69, 9.17) is 4.74 Å². The quantitative estimate of drug-likeness (QED) is 0.918. The Morgan fingerprint density at radius 1 is 1.17 bits per heavy atom. The van der Waals surface area contributed by atoms with Crippen LogP contribution in [0.4, 0.5) is 11.6 Å². The SMILES string of the molecule is CCOCc1ccc(Nc2ncc(Br)cn2)cc1. The maximum Gasteiger partial charge on any atom is 0.227 e. The molecule has 5 heteroatoms. The molecule has 0 fully saturated rings. The fraction of sp³-hybridized carbons (Fsp3) is 0.231. The number of anilines is 2. The van der Waals surface area contributed by atoms with E-state index in [0.29, 0.717) is 12.6 Å². The van der Waals surface area contributed by atoms with Crippen LogP contribution in [-0.2, 0) is 11.3 Å². The Balaban J connectivity index is 1.99. The Kier molecular flexibility index (Phi) is 4.66. The number of aromatic nitrogens is 2. The Hall–Kier alpha value is -1.46. The van der Waals surface area contributed by atoms with Crippen molar-refractivity contribution in [2.45, 2.75) is 13.5 Å². The van der Waals surface area contributed by atoms with Crippen LogP contribution < -0.4 is 5.32 Å². The second kappa shape index (κ2) is 6.47. The summed E-state index contributed by atoms with van der Waals surface area (Å²) >= 11 is 3.30. The molecule has 1 N–H and O–H groups in total. The molecule has 0 saturated heterocycles. The number of halogens is 1. The molecule has 0 atom stereocenters. The molecule has 2 aromatic rings. The summed E-state index contributed by atoms with van der Waals surface area (Å²) < 4.78 is 6.20. The number of ether oxygens (including phenoxy) is 1. The third-order valence-corrected chi connectivity index (χ3v) is 2.71. The normalized spacial score (nSPS) is 10.3. The van der Waals surface area contributed by atoms with Crippen molar-refractivity contribution < 1.29 is 4.74 Å². The number of rotatable bonds is 5. The molecule has 0 bridgehead atoms. The van der Waals surface area contributed by atoms with Crippen molar-refractivity contribution in [2.75, 3.05) is 11.9 Å². The van der Waals surface area contributed by atoms with Crippen molar-refractivity contribution >= 4 is 27.6 Å². The van der Waals surface area contributed by atoms with Crippen LogP contribution in [0.2, 0.25) is 0 Å². The smallest absolute Gasteiger partial charge is 0.227 e. The molecule has 94 valence electrons. The van der Waals surface area contributed by atoms with Gasteiger partial charge in [-0.15, -0.1) is 0 Å². The van der Waals surface area contributed by atoms with Crippen LogP contribution in [0.25, 0.3) is 0 Å². The van der Waals surface area contributed by atoms with Crippen LogP contribution >= 0.6 is 15.9 Å². The average Bonchev–Trinajstić information content (AvgIpc) is 2.41. The van der Waals surface area contributed by atoms with E-state index in [-0.39, 0.29) is 0 Å². The zero-order chi connectivity index (χ0) is 12.8. The van der Waals surface area contributed by atoms with Crippen molar-refractivity contribution in [3.63, 3.8) is 0 Å². The molecular formula is C13H14BrN3O. The minimum Gasteiger partial charge on any atom is -0.377 e. The Morgan fingerprint density at radius 3 is 2.44 bits per heavy atom. The van der Waals surface area contributed by atoms with Gasteiger partial charge in [0.1, 0.15) is 0 Å². The molecule has 2 rings (SSSR count). The van der Waals surface area contributed by atoms with E-state index in [9.17, 15) is 0 Å². The molecule has 1 aromatic heterocycles. The van der Waals surface area contributed by atoms with Gasteiger partial charge in [0.15, 0.2) is 0 Å². The maximum atomic E-state index is 5.34. The van der Waals surface area contributed by atoms with Crippen LogP contribution in [-0.4, -0.2) is 16.6 Å². The third kappa shape index (κ3) is 3.78. The summed E-state index contributed by atoms with van der Waals surface area (Å²) in [6, 6.07) is 8.02. The molecule has 0 amide bonds. The highest BCUT2D eigenvalue weighted by molar-refractivity contribution is 9.10. The summed E-state index contributed by atoms with van der Waals surface area (Å²) in [5.74, 6) is 0.579. The van der Waals surface area contributed by atoms with Gasteiger partial charge in [0.05, 0.1) is 11.1 Å². The summed E-state index contributed by atoms with van der Waals surface area (Å²) in [6.07, 6.45) is 3.41. The standard InChI is InChI=1S/C13H14BrN3O/c1-2-18-9-10-3-5-12(6-4-10)17-13-15-7-11(14)8-16-13/h3-8H,2,9H2,1H3,(H,15,16,17). The zero-order valence-electron chi connectivity index (χ0n) is 10.1. The Labute approximate surface area is 115 Å². The van der Waals surface area contributed by atoms with Crippen molar-refractivity contribution in [3.8, 4) is 0 Å². The van der Waals surface area contributed by atoms with Gasteiger partial charge in [0, 0.05) is 24.7 Å². The Bertz CT molecular complexity index is 485. The minimum atomic E-state index is 0.579. The van der Waals surface area contributed by atoms with Gasteiger partial charge in [0.2, 0.25) is 5.95 Å².